The minimum atomic E-state index is -1.06. The van der Waals surface area contributed by atoms with Crippen molar-refractivity contribution in [3.05, 3.63) is 24.3 Å². The second-order valence-corrected chi connectivity index (χ2v) is 6.58. The lowest BCUT2D eigenvalue weighted by Gasteiger charge is -2.26. The van der Waals surface area contributed by atoms with Crippen LogP contribution in [0.1, 0.15) is 20.3 Å². The van der Waals surface area contributed by atoms with Gasteiger partial charge in [0, 0.05) is 19.5 Å². The summed E-state index contributed by atoms with van der Waals surface area (Å²) in [5.41, 5.74) is 0.624. The largest absolute Gasteiger partial charge is 0.495 e. The minimum Gasteiger partial charge on any atom is -0.495 e. The van der Waals surface area contributed by atoms with Crippen LogP contribution >= 0.6 is 0 Å². The molecule has 0 saturated carbocycles. The first-order valence-electron chi connectivity index (χ1n) is 8.27. The molecule has 2 amide bonds. The number of carboxylic acids is 1. The molecule has 1 unspecified atom stereocenters. The molecule has 0 aliphatic carbocycles. The summed E-state index contributed by atoms with van der Waals surface area (Å²) in [6.45, 7) is 4.07. The van der Waals surface area contributed by atoms with Crippen LogP contribution < -0.4 is 9.64 Å². The fourth-order valence-corrected chi connectivity index (χ4v) is 3.05. The van der Waals surface area contributed by atoms with Gasteiger partial charge in [-0.3, -0.25) is 14.4 Å². The van der Waals surface area contributed by atoms with Crippen LogP contribution in [0.4, 0.5) is 5.69 Å². The van der Waals surface area contributed by atoms with Crippen LogP contribution in [-0.2, 0) is 14.4 Å². The van der Waals surface area contributed by atoms with E-state index in [4.69, 9.17) is 9.84 Å². The molecule has 1 aliphatic rings. The molecule has 25 heavy (non-hydrogen) atoms. The predicted molar refractivity (Wildman–Crippen MR) is 92.5 cm³/mol. The fourth-order valence-electron chi connectivity index (χ4n) is 3.05. The van der Waals surface area contributed by atoms with E-state index >= 15 is 0 Å². The molecule has 2 rings (SSSR count). The van der Waals surface area contributed by atoms with E-state index in [9.17, 15) is 14.4 Å². The molecule has 1 atom stereocenters. The summed E-state index contributed by atoms with van der Waals surface area (Å²) in [4.78, 5) is 39.1. The van der Waals surface area contributed by atoms with Crippen LogP contribution in [0.25, 0.3) is 0 Å². The Hall–Kier alpha value is -2.57. The Morgan fingerprint density at radius 3 is 2.64 bits per heavy atom. The van der Waals surface area contributed by atoms with Crippen LogP contribution in [0, 0.1) is 11.8 Å². The number of ether oxygens (including phenoxy) is 1. The topological polar surface area (TPSA) is 87.2 Å². The number of amides is 2. The minimum absolute atomic E-state index is 0.0745. The molecule has 1 N–H and O–H groups in total. The standard InChI is InChI=1S/C18H24N2O5/c1-12(2)9-19(11-17(22)23)18(24)13-8-16(21)20(10-13)14-6-4-5-7-15(14)25-3/h4-7,12-13H,8-11H2,1-3H3,(H,22,23). The van der Waals surface area contributed by atoms with Crippen LogP contribution in [0.5, 0.6) is 5.75 Å². The second-order valence-electron chi connectivity index (χ2n) is 6.58. The lowest BCUT2D eigenvalue weighted by atomic mass is 10.1. The summed E-state index contributed by atoms with van der Waals surface area (Å²) in [6, 6.07) is 7.14. The molecule has 1 fully saturated rings. The van der Waals surface area contributed by atoms with Crippen molar-refractivity contribution >= 4 is 23.5 Å². The molecule has 1 aromatic carbocycles. The van der Waals surface area contributed by atoms with Gasteiger partial charge in [-0.2, -0.15) is 0 Å². The lowest BCUT2D eigenvalue weighted by molar-refractivity contribution is -0.146. The van der Waals surface area contributed by atoms with E-state index in [-0.39, 0.29) is 37.2 Å². The van der Waals surface area contributed by atoms with E-state index in [0.717, 1.165) is 0 Å². The molecule has 1 heterocycles. The fraction of sp³-hybridized carbons (Fsp3) is 0.500. The van der Waals surface area contributed by atoms with Crippen molar-refractivity contribution in [3.8, 4) is 5.75 Å². The zero-order chi connectivity index (χ0) is 18.6. The Morgan fingerprint density at radius 2 is 2.04 bits per heavy atom. The van der Waals surface area contributed by atoms with Gasteiger partial charge in [0.1, 0.15) is 12.3 Å². The van der Waals surface area contributed by atoms with Gasteiger partial charge in [0.2, 0.25) is 11.8 Å². The average molecular weight is 348 g/mol. The average Bonchev–Trinajstić information content (AvgIpc) is 2.94. The van der Waals surface area contributed by atoms with Gasteiger partial charge in [0.15, 0.2) is 0 Å². The highest BCUT2D eigenvalue weighted by atomic mass is 16.5. The molecule has 1 aliphatic heterocycles. The summed E-state index contributed by atoms with van der Waals surface area (Å²) in [6.07, 6.45) is 0.0745. The number of hydrogen-bond donors (Lipinski definition) is 1. The van der Waals surface area contributed by atoms with Crippen molar-refractivity contribution in [2.45, 2.75) is 20.3 Å². The zero-order valence-corrected chi connectivity index (χ0v) is 14.8. The number of methoxy groups -OCH3 is 1. The highest BCUT2D eigenvalue weighted by Gasteiger charge is 2.38. The van der Waals surface area contributed by atoms with Crippen LogP contribution in [0.2, 0.25) is 0 Å². The monoisotopic (exact) mass is 348 g/mol. The number of para-hydroxylation sites is 2. The molecule has 1 aromatic rings. The molecule has 0 bridgehead atoms. The van der Waals surface area contributed by atoms with Crippen LogP contribution in [0.15, 0.2) is 24.3 Å². The Morgan fingerprint density at radius 1 is 1.36 bits per heavy atom. The first kappa shape index (κ1) is 18.8. The number of aliphatic carboxylic acids is 1. The molecule has 7 nitrogen and oxygen atoms in total. The molecular formula is C18H24N2O5. The number of hydrogen-bond acceptors (Lipinski definition) is 4. The van der Waals surface area contributed by atoms with Gasteiger partial charge in [0.25, 0.3) is 0 Å². The van der Waals surface area contributed by atoms with Crippen LogP contribution in [0.3, 0.4) is 0 Å². The van der Waals surface area contributed by atoms with Crippen LogP contribution in [-0.4, -0.2) is 54.5 Å². The first-order valence-corrected chi connectivity index (χ1v) is 8.27. The smallest absolute Gasteiger partial charge is 0.323 e. The third-order valence-corrected chi connectivity index (χ3v) is 4.07. The van der Waals surface area contributed by atoms with E-state index in [1.54, 1.807) is 18.2 Å². The van der Waals surface area contributed by atoms with Crippen molar-refractivity contribution in [1.82, 2.24) is 4.90 Å². The molecule has 1 saturated heterocycles. The summed E-state index contributed by atoms with van der Waals surface area (Å²) < 4.78 is 5.29. The maximum absolute atomic E-state index is 12.7. The molecule has 7 heteroatoms. The quantitative estimate of drug-likeness (QED) is 0.809. The first-order chi connectivity index (χ1) is 11.8. The van der Waals surface area contributed by atoms with E-state index in [1.807, 2.05) is 19.9 Å². The Kier molecular flexibility index (Phi) is 6.01. The molecular weight excluding hydrogens is 324 g/mol. The molecule has 0 spiro atoms. The molecule has 136 valence electrons. The number of carbonyl (C=O) groups is 3. The summed E-state index contributed by atoms with van der Waals surface area (Å²) in [7, 11) is 1.53. The summed E-state index contributed by atoms with van der Waals surface area (Å²) in [5, 5.41) is 9.05. The van der Waals surface area contributed by atoms with Gasteiger partial charge in [-0.25, -0.2) is 0 Å². The van der Waals surface area contributed by atoms with Gasteiger partial charge < -0.3 is 19.6 Å². The number of benzene rings is 1. The lowest BCUT2D eigenvalue weighted by Crippen LogP contribution is -2.42. The van der Waals surface area contributed by atoms with Crippen molar-refractivity contribution in [2.24, 2.45) is 11.8 Å². The second kappa shape index (κ2) is 8.00. The predicted octanol–water partition coefficient (Wildman–Crippen LogP) is 1.62. The number of carbonyl (C=O) groups excluding carboxylic acids is 2. The molecule has 0 radical (unpaired) electrons. The summed E-state index contributed by atoms with van der Waals surface area (Å²) >= 11 is 0. The SMILES string of the molecule is COc1ccccc1N1CC(C(=O)N(CC(=O)O)CC(C)C)CC1=O. The zero-order valence-electron chi connectivity index (χ0n) is 14.8. The van der Waals surface area contributed by atoms with Gasteiger partial charge >= 0.3 is 5.97 Å². The Balaban J connectivity index is 2.17. The van der Waals surface area contributed by atoms with Gasteiger partial charge in [0.05, 0.1) is 18.7 Å². The normalized spacial score (nSPS) is 17.0. The molecule has 0 aromatic heterocycles. The van der Waals surface area contributed by atoms with E-state index in [0.29, 0.717) is 18.0 Å². The van der Waals surface area contributed by atoms with Crippen molar-refractivity contribution in [2.75, 3.05) is 31.6 Å². The Labute approximate surface area is 147 Å². The maximum atomic E-state index is 12.7. The number of anilines is 1. The van der Waals surface area contributed by atoms with Crippen molar-refractivity contribution < 1.29 is 24.2 Å². The third kappa shape index (κ3) is 4.49. The van der Waals surface area contributed by atoms with E-state index in [1.165, 1.54) is 16.9 Å². The maximum Gasteiger partial charge on any atom is 0.323 e. The van der Waals surface area contributed by atoms with Crippen molar-refractivity contribution in [3.63, 3.8) is 0 Å². The number of carboxylic acid groups (broad SMARTS) is 1. The van der Waals surface area contributed by atoms with Gasteiger partial charge in [-0.05, 0) is 18.1 Å². The highest BCUT2D eigenvalue weighted by molar-refractivity contribution is 6.01. The van der Waals surface area contributed by atoms with Gasteiger partial charge in [-0.1, -0.05) is 26.0 Å². The van der Waals surface area contributed by atoms with E-state index < -0.39 is 11.9 Å². The van der Waals surface area contributed by atoms with Gasteiger partial charge in [-0.15, -0.1) is 0 Å². The van der Waals surface area contributed by atoms with Crippen molar-refractivity contribution in [1.29, 1.82) is 0 Å². The highest BCUT2D eigenvalue weighted by Crippen LogP contribution is 2.33. The number of nitrogens with zero attached hydrogens (tertiary/aromatic N) is 2. The number of rotatable bonds is 7. The Bertz CT molecular complexity index is 659. The third-order valence-electron chi connectivity index (χ3n) is 4.07. The summed E-state index contributed by atoms with van der Waals surface area (Å²) in [5.74, 6) is -1.35. The van der Waals surface area contributed by atoms with E-state index in [2.05, 4.69) is 0 Å².